The van der Waals surface area contributed by atoms with Crippen molar-refractivity contribution in [3.8, 4) is 0 Å². The van der Waals surface area contributed by atoms with Gasteiger partial charge >= 0.3 is 0 Å². The van der Waals surface area contributed by atoms with Crippen LogP contribution in [0.1, 0.15) is 65.7 Å². The molecule has 2 aliphatic rings. The molecule has 4 unspecified atom stereocenters. The Balaban J connectivity index is 1.73. The number of ether oxygens (including phenoxy) is 3. The van der Waals surface area contributed by atoms with Crippen molar-refractivity contribution in [1.29, 1.82) is 0 Å². The standard InChI is InChI=1S/C21H34F2O3/c1-5-16-8-9-17(26-12-16)13-25-15(3)7-6-14(2)18-10-11-19(24-4)21(23)20(18)22/h14-17H,5-13H2,1-4H3. The fraction of sp³-hybridized carbons (Fsp3) is 0.810. The number of methoxy groups -OCH3 is 1. The van der Waals surface area contributed by atoms with Crippen molar-refractivity contribution < 1.29 is 23.0 Å². The molecule has 1 fully saturated rings. The first-order chi connectivity index (χ1) is 12.5. The molecule has 1 aliphatic heterocycles. The van der Waals surface area contributed by atoms with Crippen molar-refractivity contribution >= 4 is 0 Å². The fourth-order valence-corrected chi connectivity index (χ4v) is 3.71. The van der Waals surface area contributed by atoms with Crippen LogP contribution in [-0.4, -0.2) is 32.5 Å². The molecule has 0 saturated carbocycles. The lowest BCUT2D eigenvalue weighted by Gasteiger charge is -2.29. The zero-order chi connectivity index (χ0) is 19.1. The van der Waals surface area contributed by atoms with Crippen molar-refractivity contribution in [2.24, 2.45) is 11.8 Å². The molecule has 1 heterocycles. The minimum atomic E-state index is -0.829. The van der Waals surface area contributed by atoms with Gasteiger partial charge in [-0.05, 0) is 56.4 Å². The summed E-state index contributed by atoms with van der Waals surface area (Å²) in [7, 11) is 1.38. The predicted molar refractivity (Wildman–Crippen MR) is 99.1 cm³/mol. The SMILES string of the molecule is CCC1CCC(COC(C)CCC(C)C2=C(F)C(F)=C(OC)CC2)OC1. The first-order valence-electron chi connectivity index (χ1n) is 10.0. The minimum absolute atomic E-state index is 0.00134. The maximum absolute atomic E-state index is 14.2. The molecule has 2 rings (SSSR count). The van der Waals surface area contributed by atoms with Crippen LogP contribution in [0.5, 0.6) is 0 Å². The second kappa shape index (κ2) is 10.4. The van der Waals surface area contributed by atoms with Crippen molar-refractivity contribution in [3.05, 3.63) is 23.0 Å². The molecule has 5 heteroatoms. The highest BCUT2D eigenvalue weighted by atomic mass is 19.2. The highest BCUT2D eigenvalue weighted by molar-refractivity contribution is 5.33. The van der Waals surface area contributed by atoms with Crippen molar-refractivity contribution in [2.45, 2.75) is 77.9 Å². The molecule has 3 nitrogen and oxygen atoms in total. The zero-order valence-corrected chi connectivity index (χ0v) is 16.7. The van der Waals surface area contributed by atoms with E-state index in [4.69, 9.17) is 14.2 Å². The van der Waals surface area contributed by atoms with E-state index >= 15 is 0 Å². The van der Waals surface area contributed by atoms with Gasteiger partial charge in [0.15, 0.2) is 11.7 Å². The normalized spacial score (nSPS) is 26.8. The van der Waals surface area contributed by atoms with Crippen molar-refractivity contribution in [3.63, 3.8) is 0 Å². The second-order valence-electron chi connectivity index (χ2n) is 7.71. The van der Waals surface area contributed by atoms with Gasteiger partial charge in [-0.2, -0.15) is 0 Å². The second-order valence-corrected chi connectivity index (χ2v) is 7.71. The smallest absolute Gasteiger partial charge is 0.196 e. The summed E-state index contributed by atoms with van der Waals surface area (Å²) in [6.45, 7) is 7.67. The van der Waals surface area contributed by atoms with Gasteiger partial charge in [0, 0.05) is 13.0 Å². The number of halogens is 2. The fourth-order valence-electron chi connectivity index (χ4n) is 3.71. The Kier molecular flexibility index (Phi) is 8.55. The number of rotatable bonds is 9. The maximum atomic E-state index is 14.2. The average molecular weight is 372 g/mol. The zero-order valence-electron chi connectivity index (χ0n) is 16.7. The third-order valence-corrected chi connectivity index (χ3v) is 5.80. The van der Waals surface area contributed by atoms with Gasteiger partial charge in [0.1, 0.15) is 5.76 Å². The molecule has 0 aromatic heterocycles. The average Bonchev–Trinajstić information content (AvgIpc) is 2.66. The van der Waals surface area contributed by atoms with Crippen LogP contribution in [0.4, 0.5) is 8.78 Å². The highest BCUT2D eigenvalue weighted by Crippen LogP contribution is 2.37. The van der Waals surface area contributed by atoms with Crippen LogP contribution in [0.25, 0.3) is 0 Å². The van der Waals surface area contributed by atoms with Gasteiger partial charge in [0.05, 0.1) is 25.9 Å². The van der Waals surface area contributed by atoms with Crippen LogP contribution < -0.4 is 0 Å². The van der Waals surface area contributed by atoms with Crippen molar-refractivity contribution in [1.82, 2.24) is 0 Å². The van der Waals surface area contributed by atoms with Crippen LogP contribution in [-0.2, 0) is 14.2 Å². The van der Waals surface area contributed by atoms with E-state index in [9.17, 15) is 8.78 Å². The Morgan fingerprint density at radius 2 is 1.88 bits per heavy atom. The van der Waals surface area contributed by atoms with E-state index in [0.717, 1.165) is 25.9 Å². The molecule has 0 aromatic rings. The lowest BCUT2D eigenvalue weighted by atomic mass is 9.88. The van der Waals surface area contributed by atoms with Crippen LogP contribution in [0.3, 0.4) is 0 Å². The molecule has 0 spiro atoms. The molecule has 0 N–H and O–H groups in total. The van der Waals surface area contributed by atoms with Crippen LogP contribution in [0.2, 0.25) is 0 Å². The van der Waals surface area contributed by atoms with Gasteiger partial charge in [-0.3, -0.25) is 0 Å². The molecular weight excluding hydrogens is 338 g/mol. The van der Waals surface area contributed by atoms with E-state index in [1.54, 1.807) is 0 Å². The van der Waals surface area contributed by atoms with Crippen molar-refractivity contribution in [2.75, 3.05) is 20.3 Å². The summed E-state index contributed by atoms with van der Waals surface area (Å²) < 4.78 is 44.8. The first-order valence-corrected chi connectivity index (χ1v) is 10.0. The summed E-state index contributed by atoms with van der Waals surface area (Å²) in [6, 6.07) is 0. The Hall–Kier alpha value is -0.940. The summed E-state index contributed by atoms with van der Waals surface area (Å²) in [5.74, 6) is -0.745. The van der Waals surface area contributed by atoms with Crippen LogP contribution in [0, 0.1) is 11.8 Å². The quantitative estimate of drug-likeness (QED) is 0.507. The van der Waals surface area contributed by atoms with Gasteiger partial charge in [-0.1, -0.05) is 20.3 Å². The minimum Gasteiger partial charge on any atom is -0.498 e. The highest BCUT2D eigenvalue weighted by Gasteiger charge is 2.26. The Bertz CT molecular complexity index is 507. The molecule has 150 valence electrons. The molecule has 1 saturated heterocycles. The topological polar surface area (TPSA) is 27.7 Å². The molecule has 0 bridgehead atoms. The number of hydrogen-bond donors (Lipinski definition) is 0. The van der Waals surface area contributed by atoms with Gasteiger partial charge < -0.3 is 14.2 Å². The lowest BCUT2D eigenvalue weighted by Crippen LogP contribution is -2.30. The summed E-state index contributed by atoms with van der Waals surface area (Å²) in [5, 5.41) is 0. The van der Waals surface area contributed by atoms with E-state index < -0.39 is 11.7 Å². The third-order valence-electron chi connectivity index (χ3n) is 5.80. The molecule has 4 atom stereocenters. The summed E-state index contributed by atoms with van der Waals surface area (Å²) >= 11 is 0. The maximum Gasteiger partial charge on any atom is 0.196 e. The third kappa shape index (κ3) is 5.78. The first kappa shape index (κ1) is 21.4. The van der Waals surface area contributed by atoms with E-state index in [1.807, 2.05) is 13.8 Å². The molecular formula is C21H34F2O3. The Labute approximate surface area is 156 Å². The van der Waals surface area contributed by atoms with E-state index in [-0.39, 0.29) is 23.9 Å². The van der Waals surface area contributed by atoms with E-state index in [2.05, 4.69) is 6.92 Å². The Morgan fingerprint density at radius 1 is 1.12 bits per heavy atom. The monoisotopic (exact) mass is 372 g/mol. The molecule has 26 heavy (non-hydrogen) atoms. The lowest BCUT2D eigenvalue weighted by molar-refractivity contribution is -0.0774. The van der Waals surface area contributed by atoms with E-state index in [1.165, 1.54) is 20.0 Å². The van der Waals surface area contributed by atoms with Gasteiger partial charge in [0.2, 0.25) is 0 Å². The van der Waals surface area contributed by atoms with Gasteiger partial charge in [0.25, 0.3) is 0 Å². The molecule has 1 aliphatic carbocycles. The summed E-state index contributed by atoms with van der Waals surface area (Å²) in [5.41, 5.74) is 0.566. The van der Waals surface area contributed by atoms with E-state index in [0.29, 0.717) is 30.9 Å². The molecule has 0 amide bonds. The number of hydrogen-bond acceptors (Lipinski definition) is 3. The molecule has 0 aromatic carbocycles. The van der Waals surface area contributed by atoms with Gasteiger partial charge in [-0.15, -0.1) is 0 Å². The summed E-state index contributed by atoms with van der Waals surface area (Å²) in [6.07, 6.45) is 6.30. The molecule has 0 radical (unpaired) electrons. The van der Waals surface area contributed by atoms with Crippen LogP contribution >= 0.6 is 0 Å². The van der Waals surface area contributed by atoms with Crippen LogP contribution in [0.15, 0.2) is 23.0 Å². The largest absolute Gasteiger partial charge is 0.498 e. The predicted octanol–water partition coefficient (Wildman–Crippen LogP) is 5.86. The number of allylic oxidation sites excluding steroid dienone is 4. The van der Waals surface area contributed by atoms with Gasteiger partial charge in [-0.25, -0.2) is 8.78 Å². The summed E-state index contributed by atoms with van der Waals surface area (Å²) in [4.78, 5) is 0. The Morgan fingerprint density at radius 3 is 2.50 bits per heavy atom.